The standard InChI is InChI=1S/C20H25N3O7S/c1-4-29-17-7-5-6-8-18(17)30-13-19(24)21-22-20(25)14(2)23-31(26,27)16-11-9-15(28-3)10-12-16/h5-12,14,23H,4,13H2,1-3H3,(H,21,24)(H,22,25)/t14-/m0/s1. The van der Waals surface area contributed by atoms with Crippen LogP contribution in [-0.2, 0) is 19.6 Å². The Kier molecular flexibility index (Phi) is 8.64. The average molecular weight is 452 g/mol. The molecule has 1 atom stereocenters. The van der Waals surface area contributed by atoms with Gasteiger partial charge in [-0.25, -0.2) is 8.42 Å². The molecule has 0 aliphatic rings. The van der Waals surface area contributed by atoms with E-state index in [9.17, 15) is 18.0 Å². The van der Waals surface area contributed by atoms with Gasteiger partial charge >= 0.3 is 0 Å². The molecular weight excluding hydrogens is 426 g/mol. The van der Waals surface area contributed by atoms with E-state index in [1.807, 2.05) is 6.92 Å². The van der Waals surface area contributed by atoms with Gasteiger partial charge in [-0.05, 0) is 50.2 Å². The number of rotatable bonds is 10. The van der Waals surface area contributed by atoms with Crippen molar-refractivity contribution in [1.29, 1.82) is 0 Å². The van der Waals surface area contributed by atoms with Crippen molar-refractivity contribution >= 4 is 21.8 Å². The Balaban J connectivity index is 1.83. The van der Waals surface area contributed by atoms with E-state index in [-0.39, 0.29) is 11.5 Å². The number of carbonyl (C=O) groups is 2. The summed E-state index contributed by atoms with van der Waals surface area (Å²) in [5.41, 5.74) is 4.32. The molecule has 11 heteroatoms. The first-order valence-electron chi connectivity index (χ1n) is 9.36. The van der Waals surface area contributed by atoms with E-state index in [1.54, 1.807) is 24.3 Å². The Morgan fingerprint density at radius 1 is 0.968 bits per heavy atom. The van der Waals surface area contributed by atoms with Gasteiger partial charge in [0.2, 0.25) is 10.0 Å². The summed E-state index contributed by atoms with van der Waals surface area (Å²) >= 11 is 0. The Morgan fingerprint density at radius 3 is 2.16 bits per heavy atom. The number of ether oxygens (including phenoxy) is 3. The molecule has 0 aromatic heterocycles. The number of para-hydroxylation sites is 2. The number of hydrogen-bond donors (Lipinski definition) is 3. The third-order valence-electron chi connectivity index (χ3n) is 3.93. The van der Waals surface area contributed by atoms with Gasteiger partial charge in [-0.2, -0.15) is 4.72 Å². The maximum atomic E-state index is 12.4. The summed E-state index contributed by atoms with van der Waals surface area (Å²) < 4.78 is 42.8. The van der Waals surface area contributed by atoms with Gasteiger partial charge in [-0.15, -0.1) is 0 Å². The van der Waals surface area contributed by atoms with Crippen molar-refractivity contribution < 1.29 is 32.2 Å². The third-order valence-corrected chi connectivity index (χ3v) is 5.48. The van der Waals surface area contributed by atoms with Gasteiger partial charge < -0.3 is 14.2 Å². The van der Waals surface area contributed by atoms with Crippen LogP contribution in [0.15, 0.2) is 53.4 Å². The Morgan fingerprint density at radius 2 is 1.58 bits per heavy atom. The molecule has 2 amide bonds. The molecule has 0 unspecified atom stereocenters. The lowest BCUT2D eigenvalue weighted by atomic mass is 10.3. The summed E-state index contributed by atoms with van der Waals surface area (Å²) in [5, 5.41) is 0. The van der Waals surface area contributed by atoms with Crippen LogP contribution in [0.5, 0.6) is 17.2 Å². The number of amides is 2. The summed E-state index contributed by atoms with van der Waals surface area (Å²) in [6, 6.07) is 11.4. The Bertz CT molecular complexity index is 994. The van der Waals surface area contributed by atoms with Crippen LogP contribution in [-0.4, -0.2) is 46.6 Å². The van der Waals surface area contributed by atoms with Gasteiger partial charge in [-0.1, -0.05) is 12.1 Å². The molecule has 2 rings (SSSR count). The number of methoxy groups -OCH3 is 1. The number of nitrogens with one attached hydrogen (secondary N) is 3. The fourth-order valence-electron chi connectivity index (χ4n) is 2.37. The summed E-state index contributed by atoms with van der Waals surface area (Å²) in [7, 11) is -2.48. The van der Waals surface area contributed by atoms with E-state index in [0.717, 1.165) is 0 Å². The molecule has 2 aromatic rings. The van der Waals surface area contributed by atoms with E-state index in [0.29, 0.717) is 23.9 Å². The van der Waals surface area contributed by atoms with E-state index in [2.05, 4.69) is 15.6 Å². The Labute approximate surface area is 180 Å². The summed E-state index contributed by atoms with van der Waals surface area (Å²) in [4.78, 5) is 24.0. The van der Waals surface area contributed by atoms with Gasteiger partial charge in [0.05, 0.1) is 24.7 Å². The second-order valence-corrected chi connectivity index (χ2v) is 7.94. The minimum Gasteiger partial charge on any atom is -0.497 e. The molecule has 31 heavy (non-hydrogen) atoms. The zero-order chi connectivity index (χ0) is 22.9. The highest BCUT2D eigenvalue weighted by molar-refractivity contribution is 7.89. The molecule has 0 aliphatic heterocycles. The highest BCUT2D eigenvalue weighted by atomic mass is 32.2. The van der Waals surface area contributed by atoms with Crippen LogP contribution in [0.3, 0.4) is 0 Å². The number of sulfonamides is 1. The Hall–Kier alpha value is -3.31. The zero-order valence-electron chi connectivity index (χ0n) is 17.4. The van der Waals surface area contributed by atoms with Crippen LogP contribution >= 0.6 is 0 Å². The fraction of sp³-hybridized carbons (Fsp3) is 0.300. The van der Waals surface area contributed by atoms with Crippen LogP contribution < -0.4 is 29.8 Å². The third kappa shape index (κ3) is 7.15. The number of carbonyl (C=O) groups excluding carboxylic acids is 2. The van der Waals surface area contributed by atoms with Crippen molar-refractivity contribution in [3.63, 3.8) is 0 Å². The lowest BCUT2D eigenvalue weighted by Gasteiger charge is -2.15. The zero-order valence-corrected chi connectivity index (χ0v) is 18.2. The molecule has 0 heterocycles. The highest BCUT2D eigenvalue weighted by Gasteiger charge is 2.22. The van der Waals surface area contributed by atoms with Gasteiger partial charge in [0.1, 0.15) is 5.75 Å². The lowest BCUT2D eigenvalue weighted by Crippen LogP contribution is -2.51. The first-order valence-corrected chi connectivity index (χ1v) is 10.8. The van der Waals surface area contributed by atoms with E-state index < -0.39 is 27.9 Å². The molecule has 3 N–H and O–H groups in total. The lowest BCUT2D eigenvalue weighted by molar-refractivity contribution is -0.130. The summed E-state index contributed by atoms with van der Waals surface area (Å²) in [6.45, 7) is 3.23. The molecule has 0 saturated heterocycles. The van der Waals surface area contributed by atoms with Crippen LogP contribution in [0.25, 0.3) is 0 Å². The van der Waals surface area contributed by atoms with Crippen molar-refractivity contribution in [2.45, 2.75) is 24.8 Å². The molecule has 0 spiro atoms. The molecule has 0 bridgehead atoms. The van der Waals surface area contributed by atoms with Crippen LogP contribution in [0.2, 0.25) is 0 Å². The van der Waals surface area contributed by atoms with Crippen molar-refractivity contribution in [2.24, 2.45) is 0 Å². The normalized spacial score (nSPS) is 11.8. The smallest absolute Gasteiger partial charge is 0.276 e. The first kappa shape index (κ1) is 24.0. The van der Waals surface area contributed by atoms with Crippen LogP contribution in [0.1, 0.15) is 13.8 Å². The molecular formula is C20H25N3O7S. The molecule has 0 saturated carbocycles. The average Bonchev–Trinajstić information content (AvgIpc) is 2.76. The summed E-state index contributed by atoms with van der Waals surface area (Å²) in [6.07, 6.45) is 0. The highest BCUT2D eigenvalue weighted by Crippen LogP contribution is 2.26. The minimum atomic E-state index is -3.94. The van der Waals surface area contributed by atoms with E-state index >= 15 is 0 Å². The van der Waals surface area contributed by atoms with Crippen molar-refractivity contribution in [3.05, 3.63) is 48.5 Å². The topological polar surface area (TPSA) is 132 Å². The van der Waals surface area contributed by atoms with Gasteiger partial charge in [-0.3, -0.25) is 20.4 Å². The van der Waals surface area contributed by atoms with Crippen LogP contribution in [0, 0.1) is 0 Å². The van der Waals surface area contributed by atoms with Gasteiger partial charge in [0.15, 0.2) is 18.1 Å². The second-order valence-electron chi connectivity index (χ2n) is 6.22. The molecule has 10 nitrogen and oxygen atoms in total. The summed E-state index contributed by atoms with van der Waals surface area (Å²) in [5.74, 6) is -0.0154. The number of benzene rings is 2. The fourth-order valence-corrected chi connectivity index (χ4v) is 3.58. The van der Waals surface area contributed by atoms with E-state index in [1.165, 1.54) is 38.3 Å². The van der Waals surface area contributed by atoms with Crippen molar-refractivity contribution in [1.82, 2.24) is 15.6 Å². The van der Waals surface area contributed by atoms with Crippen LogP contribution in [0.4, 0.5) is 0 Å². The number of hydrazine groups is 1. The van der Waals surface area contributed by atoms with Gasteiger partial charge in [0, 0.05) is 0 Å². The SMILES string of the molecule is CCOc1ccccc1OCC(=O)NNC(=O)[C@H](C)NS(=O)(=O)c1ccc(OC)cc1. The number of hydrogen-bond acceptors (Lipinski definition) is 7. The maximum absolute atomic E-state index is 12.4. The first-order chi connectivity index (χ1) is 14.8. The molecule has 2 aromatic carbocycles. The molecule has 0 fully saturated rings. The largest absolute Gasteiger partial charge is 0.497 e. The van der Waals surface area contributed by atoms with Crippen molar-refractivity contribution in [3.8, 4) is 17.2 Å². The molecule has 168 valence electrons. The maximum Gasteiger partial charge on any atom is 0.276 e. The monoisotopic (exact) mass is 451 g/mol. The molecule has 0 radical (unpaired) electrons. The predicted molar refractivity (Wildman–Crippen MR) is 112 cm³/mol. The van der Waals surface area contributed by atoms with E-state index in [4.69, 9.17) is 14.2 Å². The van der Waals surface area contributed by atoms with Crippen molar-refractivity contribution in [2.75, 3.05) is 20.3 Å². The second kappa shape index (κ2) is 11.2. The predicted octanol–water partition coefficient (Wildman–Crippen LogP) is 0.987. The quantitative estimate of drug-likeness (QED) is 0.459. The molecule has 0 aliphatic carbocycles. The minimum absolute atomic E-state index is 0.0293. The van der Waals surface area contributed by atoms with Gasteiger partial charge in [0.25, 0.3) is 11.8 Å².